The van der Waals surface area contributed by atoms with Crippen molar-refractivity contribution < 1.29 is 9.32 Å². The first-order valence-corrected chi connectivity index (χ1v) is 9.73. The molecule has 134 valence electrons. The van der Waals surface area contributed by atoms with E-state index in [1.165, 1.54) is 5.56 Å². The van der Waals surface area contributed by atoms with Crippen LogP contribution in [0.4, 0.5) is 0 Å². The lowest BCUT2D eigenvalue weighted by molar-refractivity contribution is -0.121. The molecule has 26 heavy (non-hydrogen) atoms. The molecular formula is C20H21N3O2S. The number of rotatable bonds is 9. The Kier molecular flexibility index (Phi) is 6.84. The van der Waals surface area contributed by atoms with Gasteiger partial charge in [0.1, 0.15) is 0 Å². The van der Waals surface area contributed by atoms with Crippen molar-refractivity contribution in [3.63, 3.8) is 0 Å². The van der Waals surface area contributed by atoms with E-state index in [0.29, 0.717) is 31.1 Å². The van der Waals surface area contributed by atoms with Gasteiger partial charge in [-0.15, -0.1) is 0 Å². The van der Waals surface area contributed by atoms with Gasteiger partial charge in [0, 0.05) is 36.5 Å². The molecule has 1 aromatic heterocycles. The van der Waals surface area contributed by atoms with Gasteiger partial charge in [-0.3, -0.25) is 4.79 Å². The molecule has 1 heterocycles. The number of hydrogen-bond donors (Lipinski definition) is 1. The van der Waals surface area contributed by atoms with Gasteiger partial charge in [0.05, 0.1) is 0 Å². The zero-order valence-electron chi connectivity index (χ0n) is 14.4. The van der Waals surface area contributed by atoms with Crippen LogP contribution >= 0.6 is 11.8 Å². The molecule has 0 aliphatic heterocycles. The Morgan fingerprint density at radius 2 is 1.77 bits per heavy atom. The van der Waals surface area contributed by atoms with Crippen molar-refractivity contribution in [3.8, 4) is 11.4 Å². The predicted octanol–water partition coefficient (Wildman–Crippen LogP) is 3.72. The SMILES string of the molecule is O=C(CCc1nc(-c2ccccc2)no1)NCCSCc1ccccc1. The number of carbonyl (C=O) groups is 1. The minimum Gasteiger partial charge on any atom is -0.355 e. The minimum atomic E-state index is 0.00442. The normalized spacial score (nSPS) is 10.6. The lowest BCUT2D eigenvalue weighted by Crippen LogP contribution is -2.25. The standard InChI is InChI=1S/C20H21N3O2S/c24-18(21-13-14-26-15-16-7-3-1-4-8-16)11-12-19-22-20(23-25-19)17-9-5-2-6-10-17/h1-10H,11-15H2,(H,21,24). The van der Waals surface area contributed by atoms with Crippen LogP contribution < -0.4 is 5.32 Å². The largest absolute Gasteiger partial charge is 0.355 e. The van der Waals surface area contributed by atoms with Crippen LogP contribution in [0.5, 0.6) is 0 Å². The fourth-order valence-electron chi connectivity index (χ4n) is 2.40. The topological polar surface area (TPSA) is 68.0 Å². The fraction of sp³-hybridized carbons (Fsp3) is 0.250. The average Bonchev–Trinajstić information content (AvgIpc) is 3.17. The highest BCUT2D eigenvalue weighted by Gasteiger charge is 2.10. The quantitative estimate of drug-likeness (QED) is 0.584. The van der Waals surface area contributed by atoms with E-state index >= 15 is 0 Å². The number of aryl methyl sites for hydroxylation is 1. The molecule has 1 N–H and O–H groups in total. The molecule has 1 amide bonds. The van der Waals surface area contributed by atoms with E-state index in [9.17, 15) is 4.79 Å². The molecule has 0 unspecified atom stereocenters. The van der Waals surface area contributed by atoms with Crippen LogP contribution in [0.2, 0.25) is 0 Å². The van der Waals surface area contributed by atoms with Gasteiger partial charge < -0.3 is 9.84 Å². The molecule has 2 aromatic carbocycles. The van der Waals surface area contributed by atoms with E-state index in [1.54, 1.807) is 0 Å². The molecule has 0 saturated heterocycles. The molecule has 3 aromatic rings. The average molecular weight is 367 g/mol. The van der Waals surface area contributed by atoms with Crippen molar-refractivity contribution in [2.24, 2.45) is 0 Å². The number of benzene rings is 2. The number of nitrogens with zero attached hydrogens (tertiary/aromatic N) is 2. The monoisotopic (exact) mass is 367 g/mol. The number of nitrogens with one attached hydrogen (secondary N) is 1. The number of hydrogen-bond acceptors (Lipinski definition) is 5. The van der Waals surface area contributed by atoms with Gasteiger partial charge >= 0.3 is 0 Å². The van der Waals surface area contributed by atoms with Crippen LogP contribution in [0.25, 0.3) is 11.4 Å². The summed E-state index contributed by atoms with van der Waals surface area (Å²) in [5.41, 5.74) is 2.21. The maximum absolute atomic E-state index is 11.9. The number of amides is 1. The first kappa shape index (κ1) is 18.2. The van der Waals surface area contributed by atoms with Gasteiger partial charge in [-0.25, -0.2) is 0 Å². The first-order valence-electron chi connectivity index (χ1n) is 8.57. The zero-order valence-corrected chi connectivity index (χ0v) is 15.2. The van der Waals surface area contributed by atoms with Crippen molar-refractivity contribution in [2.45, 2.75) is 18.6 Å². The van der Waals surface area contributed by atoms with Crippen molar-refractivity contribution in [1.82, 2.24) is 15.5 Å². The fourth-order valence-corrected chi connectivity index (χ4v) is 3.22. The smallest absolute Gasteiger partial charge is 0.227 e. The van der Waals surface area contributed by atoms with Gasteiger partial charge in [0.2, 0.25) is 17.6 Å². The van der Waals surface area contributed by atoms with Crippen molar-refractivity contribution >= 4 is 17.7 Å². The van der Waals surface area contributed by atoms with Crippen LogP contribution in [0, 0.1) is 0 Å². The summed E-state index contributed by atoms with van der Waals surface area (Å²) in [6.07, 6.45) is 0.794. The summed E-state index contributed by atoms with van der Waals surface area (Å²) in [5, 5.41) is 6.89. The van der Waals surface area contributed by atoms with Crippen LogP contribution in [0.15, 0.2) is 65.2 Å². The van der Waals surface area contributed by atoms with E-state index in [1.807, 2.05) is 60.3 Å². The summed E-state index contributed by atoms with van der Waals surface area (Å²) in [6.45, 7) is 0.662. The third-order valence-corrected chi connectivity index (χ3v) is 4.78. The van der Waals surface area contributed by atoms with Crippen molar-refractivity contribution in [1.29, 1.82) is 0 Å². The predicted molar refractivity (Wildman–Crippen MR) is 104 cm³/mol. The van der Waals surface area contributed by atoms with Gasteiger partial charge in [0.25, 0.3) is 0 Å². The van der Waals surface area contributed by atoms with Gasteiger partial charge in [-0.05, 0) is 5.56 Å². The minimum absolute atomic E-state index is 0.00442. The lowest BCUT2D eigenvalue weighted by Gasteiger charge is -2.04. The van der Waals surface area contributed by atoms with E-state index in [-0.39, 0.29) is 5.91 Å². The summed E-state index contributed by atoms with van der Waals surface area (Å²) in [5.74, 6) is 2.89. The summed E-state index contributed by atoms with van der Waals surface area (Å²) in [6, 6.07) is 20.0. The Morgan fingerprint density at radius 3 is 2.54 bits per heavy atom. The first-order chi connectivity index (χ1) is 12.8. The summed E-state index contributed by atoms with van der Waals surface area (Å²) >= 11 is 1.81. The molecule has 0 spiro atoms. The van der Waals surface area contributed by atoms with Gasteiger partial charge in [-0.1, -0.05) is 65.8 Å². The van der Waals surface area contributed by atoms with Crippen LogP contribution in [-0.2, 0) is 17.0 Å². The van der Waals surface area contributed by atoms with Crippen LogP contribution in [0.1, 0.15) is 17.9 Å². The maximum atomic E-state index is 11.9. The molecule has 0 bridgehead atoms. The number of thioether (sulfide) groups is 1. The molecule has 0 aliphatic carbocycles. The van der Waals surface area contributed by atoms with E-state index in [4.69, 9.17) is 4.52 Å². The van der Waals surface area contributed by atoms with Gasteiger partial charge in [-0.2, -0.15) is 16.7 Å². The second-order valence-corrected chi connectivity index (χ2v) is 6.87. The second kappa shape index (κ2) is 9.77. The number of aromatic nitrogens is 2. The van der Waals surface area contributed by atoms with E-state index < -0.39 is 0 Å². The third-order valence-electron chi connectivity index (χ3n) is 3.75. The second-order valence-electron chi connectivity index (χ2n) is 5.77. The highest BCUT2D eigenvalue weighted by atomic mass is 32.2. The zero-order chi connectivity index (χ0) is 18.0. The molecular weight excluding hydrogens is 346 g/mol. The Bertz CT molecular complexity index is 806. The van der Waals surface area contributed by atoms with Gasteiger partial charge in [0.15, 0.2) is 0 Å². The maximum Gasteiger partial charge on any atom is 0.227 e. The summed E-state index contributed by atoms with van der Waals surface area (Å²) in [7, 11) is 0. The van der Waals surface area contributed by atoms with Crippen LogP contribution in [-0.4, -0.2) is 28.3 Å². The molecule has 0 radical (unpaired) electrons. The summed E-state index contributed by atoms with van der Waals surface area (Å²) < 4.78 is 5.22. The van der Waals surface area contributed by atoms with Crippen LogP contribution in [0.3, 0.4) is 0 Å². The molecule has 3 rings (SSSR count). The molecule has 0 aliphatic rings. The Hall–Kier alpha value is -2.60. The highest BCUT2D eigenvalue weighted by Crippen LogP contribution is 2.15. The highest BCUT2D eigenvalue weighted by molar-refractivity contribution is 7.98. The Balaban J connectivity index is 1.32. The Labute approximate surface area is 157 Å². The molecule has 0 fully saturated rings. The Morgan fingerprint density at radius 1 is 1.04 bits per heavy atom. The third kappa shape index (κ3) is 5.74. The molecule has 0 atom stereocenters. The molecule has 0 saturated carbocycles. The lowest BCUT2D eigenvalue weighted by atomic mass is 10.2. The number of carbonyl (C=O) groups excluding carboxylic acids is 1. The summed E-state index contributed by atoms with van der Waals surface area (Å²) in [4.78, 5) is 16.2. The molecule has 6 heteroatoms. The van der Waals surface area contributed by atoms with Crippen molar-refractivity contribution in [2.75, 3.05) is 12.3 Å². The van der Waals surface area contributed by atoms with E-state index in [0.717, 1.165) is 17.1 Å². The van der Waals surface area contributed by atoms with E-state index in [2.05, 4.69) is 27.6 Å². The van der Waals surface area contributed by atoms with Crippen molar-refractivity contribution in [3.05, 3.63) is 72.1 Å². The molecule has 5 nitrogen and oxygen atoms in total.